The molecular weight excluding hydrogens is 360 g/mol. The molecule has 5 atom stereocenters. The summed E-state index contributed by atoms with van der Waals surface area (Å²) in [5, 5.41) is 12.0. The van der Waals surface area contributed by atoms with E-state index in [2.05, 4.69) is 6.92 Å². The third-order valence-electron chi connectivity index (χ3n) is 6.98. The second kappa shape index (κ2) is 7.07. The number of carbonyl (C=O) groups is 2. The van der Waals surface area contributed by atoms with E-state index in [-0.39, 0.29) is 12.3 Å². The first-order valence-electron chi connectivity index (χ1n) is 9.86. The molecule has 0 aliphatic heterocycles. The molecule has 1 aromatic rings. The lowest BCUT2D eigenvalue weighted by Crippen LogP contribution is -2.67. The van der Waals surface area contributed by atoms with Gasteiger partial charge in [0.05, 0.1) is 6.26 Å². The maximum atomic E-state index is 12.4. The molecule has 0 amide bonds. The third-order valence-corrected chi connectivity index (χ3v) is 6.98. The van der Waals surface area contributed by atoms with Crippen LogP contribution in [0.4, 0.5) is 0 Å². The number of hydrogen-bond donors (Lipinski definition) is 1. The summed E-state index contributed by atoms with van der Waals surface area (Å²) in [4.78, 5) is 24.4. The molecule has 1 saturated carbocycles. The van der Waals surface area contributed by atoms with E-state index in [1.165, 1.54) is 6.92 Å². The normalized spacial score (nSPS) is 35.0. The Labute approximate surface area is 165 Å². The molecule has 0 radical (unpaired) electrons. The first kappa shape index (κ1) is 20.6. The van der Waals surface area contributed by atoms with Crippen LogP contribution in [0, 0.1) is 18.3 Å². The molecule has 0 aromatic carbocycles. The molecule has 3 rings (SSSR count). The first-order chi connectivity index (χ1) is 13.1. The maximum absolute atomic E-state index is 12.4. The number of rotatable bonds is 3. The van der Waals surface area contributed by atoms with Crippen molar-refractivity contribution < 1.29 is 28.6 Å². The van der Waals surface area contributed by atoms with Crippen molar-refractivity contribution in [2.75, 3.05) is 0 Å². The van der Waals surface area contributed by atoms with Crippen LogP contribution in [-0.4, -0.2) is 28.8 Å². The molecule has 28 heavy (non-hydrogen) atoms. The molecule has 6 heteroatoms. The highest BCUT2D eigenvalue weighted by Gasteiger charge is 2.67. The average Bonchev–Trinajstić information content (AvgIpc) is 2.99. The van der Waals surface area contributed by atoms with Gasteiger partial charge in [0.2, 0.25) is 0 Å². The minimum absolute atomic E-state index is 0.0436. The van der Waals surface area contributed by atoms with Crippen molar-refractivity contribution in [3.05, 3.63) is 34.8 Å². The molecule has 6 nitrogen and oxygen atoms in total. The van der Waals surface area contributed by atoms with E-state index >= 15 is 0 Å². The molecule has 1 aromatic heterocycles. The van der Waals surface area contributed by atoms with Gasteiger partial charge in [0.1, 0.15) is 23.6 Å². The van der Waals surface area contributed by atoms with Gasteiger partial charge in [-0.25, -0.2) is 4.79 Å². The summed E-state index contributed by atoms with van der Waals surface area (Å²) in [6.45, 7) is 10.7. The van der Waals surface area contributed by atoms with Gasteiger partial charge in [0.25, 0.3) is 0 Å². The Morgan fingerprint density at radius 1 is 1.29 bits per heavy atom. The fourth-order valence-corrected chi connectivity index (χ4v) is 4.89. The van der Waals surface area contributed by atoms with Crippen LogP contribution < -0.4 is 0 Å². The quantitative estimate of drug-likeness (QED) is 0.624. The van der Waals surface area contributed by atoms with E-state index in [4.69, 9.17) is 13.9 Å². The van der Waals surface area contributed by atoms with Crippen molar-refractivity contribution in [3.63, 3.8) is 0 Å². The molecule has 0 spiro atoms. The lowest BCUT2D eigenvalue weighted by atomic mass is 9.50. The average molecular weight is 390 g/mol. The fraction of sp³-hybridized carbons (Fsp3) is 0.636. The highest BCUT2D eigenvalue weighted by molar-refractivity contribution is 5.87. The van der Waals surface area contributed by atoms with Gasteiger partial charge in [-0.1, -0.05) is 19.9 Å². The molecule has 0 unspecified atom stereocenters. The maximum Gasteiger partial charge on any atom is 0.333 e. The standard InChI is InChI=1S/C22H30O6/c1-7-12(2)20(24)28-17-9-8-14(4)21(6)19(27-15(5)23)18-13(3)11-26-16(18)10-22(17,21)25/h7,11,14,17,19,25H,8-10H2,1-6H3/b12-7-/t14-,17-,19+,21-,22+/m0/s1. The minimum atomic E-state index is -1.41. The molecule has 1 fully saturated rings. The van der Waals surface area contributed by atoms with Gasteiger partial charge in [-0.2, -0.15) is 0 Å². The largest absolute Gasteiger partial charge is 0.469 e. The number of ether oxygens (including phenoxy) is 2. The smallest absolute Gasteiger partial charge is 0.333 e. The van der Waals surface area contributed by atoms with E-state index < -0.39 is 35.2 Å². The Balaban J connectivity index is 2.12. The van der Waals surface area contributed by atoms with Crippen molar-refractivity contribution in [1.29, 1.82) is 0 Å². The zero-order chi connectivity index (χ0) is 20.9. The van der Waals surface area contributed by atoms with Crippen molar-refractivity contribution >= 4 is 11.9 Å². The summed E-state index contributed by atoms with van der Waals surface area (Å²) < 4.78 is 17.3. The highest BCUT2D eigenvalue weighted by Crippen LogP contribution is 2.62. The third kappa shape index (κ3) is 2.89. The number of carbonyl (C=O) groups excluding carboxylic acids is 2. The SMILES string of the molecule is C/C=C(/C)C(=O)O[C@H]1CC[C@H](C)[C@@]2(C)[C@H](OC(C)=O)c3c(C)coc3C[C@@]12O. The van der Waals surface area contributed by atoms with Crippen LogP contribution in [0.2, 0.25) is 0 Å². The number of fused-ring (bicyclic) bond motifs is 2. The van der Waals surface area contributed by atoms with Crippen molar-refractivity contribution in [2.45, 2.75) is 78.6 Å². The summed E-state index contributed by atoms with van der Waals surface area (Å²) in [6.07, 6.45) is 3.42. The predicted octanol–water partition coefficient (Wildman–Crippen LogP) is 3.79. The molecular formula is C22H30O6. The fourth-order valence-electron chi connectivity index (χ4n) is 4.89. The second-order valence-electron chi connectivity index (χ2n) is 8.47. The molecule has 154 valence electrons. The van der Waals surface area contributed by atoms with E-state index in [0.717, 1.165) is 17.5 Å². The van der Waals surface area contributed by atoms with Crippen LogP contribution in [0.15, 0.2) is 22.3 Å². The van der Waals surface area contributed by atoms with Crippen LogP contribution in [0.1, 0.15) is 70.5 Å². The number of furan rings is 1. The monoisotopic (exact) mass is 390 g/mol. The van der Waals surface area contributed by atoms with Gasteiger partial charge in [0.15, 0.2) is 0 Å². The summed E-state index contributed by atoms with van der Waals surface area (Å²) >= 11 is 0. The Morgan fingerprint density at radius 3 is 2.57 bits per heavy atom. The molecule has 0 bridgehead atoms. The Kier molecular flexibility index (Phi) is 5.21. The van der Waals surface area contributed by atoms with Gasteiger partial charge in [-0.3, -0.25) is 4.79 Å². The Morgan fingerprint density at radius 2 is 1.96 bits per heavy atom. The Hall–Kier alpha value is -2.08. The molecule has 2 aliphatic rings. The van der Waals surface area contributed by atoms with E-state index in [1.54, 1.807) is 26.2 Å². The van der Waals surface area contributed by atoms with Crippen LogP contribution in [0.5, 0.6) is 0 Å². The summed E-state index contributed by atoms with van der Waals surface area (Å²) in [6, 6.07) is 0. The number of aryl methyl sites for hydroxylation is 1. The number of allylic oxidation sites excluding steroid dienone is 1. The minimum Gasteiger partial charge on any atom is -0.469 e. The van der Waals surface area contributed by atoms with Gasteiger partial charge >= 0.3 is 11.9 Å². The summed E-state index contributed by atoms with van der Waals surface area (Å²) in [7, 11) is 0. The molecule has 1 heterocycles. The van der Waals surface area contributed by atoms with E-state index in [9.17, 15) is 14.7 Å². The van der Waals surface area contributed by atoms with Gasteiger partial charge in [0, 0.05) is 29.9 Å². The van der Waals surface area contributed by atoms with Crippen LogP contribution >= 0.6 is 0 Å². The lowest BCUT2D eigenvalue weighted by Gasteiger charge is -2.59. The molecule has 2 aliphatic carbocycles. The van der Waals surface area contributed by atoms with Gasteiger partial charge in [-0.15, -0.1) is 0 Å². The van der Waals surface area contributed by atoms with Crippen molar-refractivity contribution in [2.24, 2.45) is 11.3 Å². The van der Waals surface area contributed by atoms with Crippen LogP contribution in [-0.2, 0) is 25.5 Å². The topological polar surface area (TPSA) is 86.0 Å². The molecule has 0 saturated heterocycles. The van der Waals surface area contributed by atoms with Crippen molar-refractivity contribution in [1.82, 2.24) is 0 Å². The van der Waals surface area contributed by atoms with Crippen LogP contribution in [0.3, 0.4) is 0 Å². The first-order valence-corrected chi connectivity index (χ1v) is 9.86. The number of aliphatic hydroxyl groups is 1. The summed E-state index contributed by atoms with van der Waals surface area (Å²) in [5.74, 6) is -0.231. The van der Waals surface area contributed by atoms with Gasteiger partial charge in [-0.05, 0) is 45.1 Å². The number of esters is 2. The predicted molar refractivity (Wildman–Crippen MR) is 102 cm³/mol. The summed E-state index contributed by atoms with van der Waals surface area (Å²) in [5.41, 5.74) is -0.0312. The lowest BCUT2D eigenvalue weighted by molar-refractivity contribution is -0.253. The Bertz CT molecular complexity index is 821. The zero-order valence-electron chi connectivity index (χ0n) is 17.5. The highest BCUT2D eigenvalue weighted by atomic mass is 16.6. The van der Waals surface area contributed by atoms with Gasteiger partial charge < -0.3 is 19.0 Å². The molecule has 1 N–H and O–H groups in total. The number of hydrogen-bond acceptors (Lipinski definition) is 6. The zero-order valence-corrected chi connectivity index (χ0v) is 17.5. The van der Waals surface area contributed by atoms with E-state index in [1.807, 2.05) is 13.8 Å². The van der Waals surface area contributed by atoms with Crippen molar-refractivity contribution in [3.8, 4) is 0 Å². The van der Waals surface area contributed by atoms with Crippen LogP contribution in [0.25, 0.3) is 0 Å². The second-order valence-corrected chi connectivity index (χ2v) is 8.47. The van der Waals surface area contributed by atoms with E-state index in [0.29, 0.717) is 17.8 Å².